The SMILES string of the molecule is Cc1cccc(NC(CO)C2CCOCC2)c1. The van der Waals surface area contributed by atoms with E-state index in [1.165, 1.54) is 5.56 Å². The van der Waals surface area contributed by atoms with Crippen LogP contribution < -0.4 is 5.32 Å². The van der Waals surface area contributed by atoms with Crippen LogP contribution in [0.5, 0.6) is 0 Å². The van der Waals surface area contributed by atoms with Gasteiger partial charge in [0.15, 0.2) is 0 Å². The van der Waals surface area contributed by atoms with Gasteiger partial charge in [0.05, 0.1) is 12.6 Å². The molecule has 3 heteroatoms. The molecule has 0 amide bonds. The number of hydrogen-bond acceptors (Lipinski definition) is 3. The minimum absolute atomic E-state index is 0.140. The number of aryl methyl sites for hydroxylation is 1. The van der Waals surface area contributed by atoms with E-state index in [9.17, 15) is 5.11 Å². The normalized spacial score (nSPS) is 18.9. The minimum Gasteiger partial charge on any atom is -0.394 e. The van der Waals surface area contributed by atoms with Crippen molar-refractivity contribution in [3.8, 4) is 0 Å². The van der Waals surface area contributed by atoms with Gasteiger partial charge in [-0.25, -0.2) is 0 Å². The smallest absolute Gasteiger partial charge is 0.0635 e. The molecule has 0 spiro atoms. The van der Waals surface area contributed by atoms with Crippen LogP contribution in [0.25, 0.3) is 0 Å². The second kappa shape index (κ2) is 6.03. The van der Waals surface area contributed by atoms with E-state index in [1.54, 1.807) is 0 Å². The standard InChI is InChI=1S/C14H21NO2/c1-11-3-2-4-13(9-11)15-14(10-16)12-5-7-17-8-6-12/h2-4,9,12,14-16H,5-8,10H2,1H3. The number of nitrogens with one attached hydrogen (secondary N) is 1. The molecule has 1 heterocycles. The lowest BCUT2D eigenvalue weighted by Crippen LogP contribution is -2.36. The zero-order valence-corrected chi connectivity index (χ0v) is 10.4. The second-order valence-corrected chi connectivity index (χ2v) is 4.75. The topological polar surface area (TPSA) is 41.5 Å². The monoisotopic (exact) mass is 235 g/mol. The number of aliphatic hydroxyl groups excluding tert-OH is 1. The van der Waals surface area contributed by atoms with E-state index in [-0.39, 0.29) is 12.6 Å². The first kappa shape index (κ1) is 12.4. The van der Waals surface area contributed by atoms with E-state index in [0.717, 1.165) is 31.7 Å². The molecule has 0 saturated carbocycles. The molecule has 0 radical (unpaired) electrons. The van der Waals surface area contributed by atoms with Gasteiger partial charge in [-0.05, 0) is 43.4 Å². The maximum Gasteiger partial charge on any atom is 0.0635 e. The molecular formula is C14H21NO2. The number of hydrogen-bond donors (Lipinski definition) is 2. The number of benzene rings is 1. The van der Waals surface area contributed by atoms with Crippen LogP contribution in [0.1, 0.15) is 18.4 Å². The summed E-state index contributed by atoms with van der Waals surface area (Å²) in [4.78, 5) is 0. The molecule has 17 heavy (non-hydrogen) atoms. The molecule has 1 unspecified atom stereocenters. The summed E-state index contributed by atoms with van der Waals surface area (Å²) in [5, 5.41) is 12.9. The third-order valence-corrected chi connectivity index (χ3v) is 3.40. The summed E-state index contributed by atoms with van der Waals surface area (Å²) in [7, 11) is 0. The lowest BCUT2D eigenvalue weighted by atomic mass is 9.92. The molecule has 0 aliphatic carbocycles. The van der Waals surface area contributed by atoms with Crippen LogP contribution in [0, 0.1) is 12.8 Å². The predicted molar refractivity (Wildman–Crippen MR) is 69.2 cm³/mol. The van der Waals surface area contributed by atoms with Gasteiger partial charge in [-0.2, -0.15) is 0 Å². The average Bonchev–Trinajstić information content (AvgIpc) is 2.37. The fourth-order valence-electron chi connectivity index (χ4n) is 2.38. The van der Waals surface area contributed by atoms with Crippen molar-refractivity contribution in [2.24, 2.45) is 5.92 Å². The summed E-state index contributed by atoms with van der Waals surface area (Å²) in [5.74, 6) is 0.509. The average molecular weight is 235 g/mol. The largest absolute Gasteiger partial charge is 0.394 e. The Labute approximate surface area is 103 Å². The molecule has 2 rings (SSSR count). The van der Waals surface area contributed by atoms with Crippen LogP contribution >= 0.6 is 0 Å². The van der Waals surface area contributed by atoms with Gasteiger partial charge in [0.1, 0.15) is 0 Å². The molecule has 94 valence electrons. The van der Waals surface area contributed by atoms with Gasteiger partial charge < -0.3 is 15.2 Å². The van der Waals surface area contributed by atoms with Crippen molar-refractivity contribution in [1.29, 1.82) is 0 Å². The summed E-state index contributed by atoms with van der Waals surface area (Å²) < 4.78 is 5.35. The number of aliphatic hydroxyl groups is 1. The summed E-state index contributed by atoms with van der Waals surface area (Å²) in [6, 6.07) is 8.42. The summed E-state index contributed by atoms with van der Waals surface area (Å²) >= 11 is 0. The van der Waals surface area contributed by atoms with Crippen molar-refractivity contribution >= 4 is 5.69 Å². The van der Waals surface area contributed by atoms with Crippen molar-refractivity contribution in [1.82, 2.24) is 0 Å². The van der Waals surface area contributed by atoms with Crippen LogP contribution in [0.3, 0.4) is 0 Å². The zero-order chi connectivity index (χ0) is 12.1. The molecule has 1 aliphatic heterocycles. The molecule has 1 saturated heterocycles. The summed E-state index contributed by atoms with van der Waals surface area (Å²) in [6.07, 6.45) is 2.06. The van der Waals surface area contributed by atoms with Crippen LogP contribution in [-0.4, -0.2) is 31.0 Å². The third kappa shape index (κ3) is 3.45. The first-order valence-electron chi connectivity index (χ1n) is 6.31. The van der Waals surface area contributed by atoms with E-state index < -0.39 is 0 Å². The Hall–Kier alpha value is -1.06. The third-order valence-electron chi connectivity index (χ3n) is 3.40. The van der Waals surface area contributed by atoms with Gasteiger partial charge in [0.25, 0.3) is 0 Å². The molecule has 0 aromatic heterocycles. The summed E-state index contributed by atoms with van der Waals surface area (Å²) in [6.45, 7) is 3.89. The molecule has 3 nitrogen and oxygen atoms in total. The predicted octanol–water partition coefficient (Wildman–Crippen LogP) is 2.19. The highest BCUT2D eigenvalue weighted by molar-refractivity contribution is 5.46. The molecule has 1 aromatic carbocycles. The van der Waals surface area contributed by atoms with Gasteiger partial charge in [0.2, 0.25) is 0 Å². The molecule has 1 fully saturated rings. The van der Waals surface area contributed by atoms with Gasteiger partial charge in [-0.1, -0.05) is 12.1 Å². The van der Waals surface area contributed by atoms with E-state index in [2.05, 4.69) is 30.4 Å². The fraction of sp³-hybridized carbons (Fsp3) is 0.571. The van der Waals surface area contributed by atoms with E-state index >= 15 is 0 Å². The molecule has 0 bridgehead atoms. The highest BCUT2D eigenvalue weighted by Crippen LogP contribution is 2.22. The number of ether oxygens (including phenoxy) is 1. The Balaban J connectivity index is 1.98. The first-order valence-corrected chi connectivity index (χ1v) is 6.31. The Morgan fingerprint density at radius 1 is 1.41 bits per heavy atom. The van der Waals surface area contributed by atoms with E-state index in [1.807, 2.05) is 6.07 Å². The van der Waals surface area contributed by atoms with E-state index in [4.69, 9.17) is 4.74 Å². The fourth-order valence-corrected chi connectivity index (χ4v) is 2.38. The van der Waals surface area contributed by atoms with Crippen molar-refractivity contribution in [3.63, 3.8) is 0 Å². The molecule has 1 atom stereocenters. The molecular weight excluding hydrogens is 214 g/mol. The Bertz CT molecular complexity index is 348. The van der Waals surface area contributed by atoms with Gasteiger partial charge in [-0.15, -0.1) is 0 Å². The van der Waals surface area contributed by atoms with Crippen molar-refractivity contribution < 1.29 is 9.84 Å². The lowest BCUT2D eigenvalue weighted by Gasteiger charge is -2.30. The lowest BCUT2D eigenvalue weighted by molar-refractivity contribution is 0.0534. The Morgan fingerprint density at radius 3 is 2.82 bits per heavy atom. The molecule has 2 N–H and O–H groups in total. The van der Waals surface area contributed by atoms with E-state index in [0.29, 0.717) is 5.92 Å². The quantitative estimate of drug-likeness (QED) is 0.840. The van der Waals surface area contributed by atoms with Crippen molar-refractivity contribution in [2.45, 2.75) is 25.8 Å². The van der Waals surface area contributed by atoms with Crippen LogP contribution in [0.4, 0.5) is 5.69 Å². The van der Waals surface area contributed by atoms with Crippen LogP contribution in [0.2, 0.25) is 0 Å². The second-order valence-electron chi connectivity index (χ2n) is 4.75. The Morgan fingerprint density at radius 2 is 2.18 bits per heavy atom. The molecule has 1 aromatic rings. The number of rotatable bonds is 4. The van der Waals surface area contributed by atoms with Crippen molar-refractivity contribution in [3.05, 3.63) is 29.8 Å². The number of anilines is 1. The van der Waals surface area contributed by atoms with Crippen LogP contribution in [-0.2, 0) is 4.74 Å². The Kier molecular flexibility index (Phi) is 4.40. The highest BCUT2D eigenvalue weighted by atomic mass is 16.5. The maximum absolute atomic E-state index is 9.51. The van der Waals surface area contributed by atoms with Crippen molar-refractivity contribution in [2.75, 3.05) is 25.1 Å². The van der Waals surface area contributed by atoms with Crippen LogP contribution in [0.15, 0.2) is 24.3 Å². The molecule has 1 aliphatic rings. The zero-order valence-electron chi connectivity index (χ0n) is 10.4. The highest BCUT2D eigenvalue weighted by Gasteiger charge is 2.23. The van der Waals surface area contributed by atoms with Gasteiger partial charge >= 0.3 is 0 Å². The maximum atomic E-state index is 9.51. The van der Waals surface area contributed by atoms with Gasteiger partial charge in [-0.3, -0.25) is 0 Å². The van der Waals surface area contributed by atoms with Gasteiger partial charge in [0, 0.05) is 18.9 Å². The first-order chi connectivity index (χ1) is 8.29. The minimum atomic E-state index is 0.140. The summed E-state index contributed by atoms with van der Waals surface area (Å²) in [5.41, 5.74) is 2.33.